The Labute approximate surface area is 116 Å². The highest BCUT2D eigenvalue weighted by Gasteiger charge is 2.07. The number of aromatic amines is 2. The molecule has 3 N–H and O–H groups in total. The molecule has 3 aromatic rings. The molecule has 1 atom stereocenters. The number of nitrogens with one attached hydrogen (secondary N) is 3. The zero-order valence-electron chi connectivity index (χ0n) is 11.5. The van der Waals surface area contributed by atoms with Gasteiger partial charge in [-0.05, 0) is 43.7 Å². The largest absolute Gasteiger partial charge is 0.379 e. The molecule has 0 aliphatic heterocycles. The minimum absolute atomic E-state index is 0.167. The molecule has 4 heteroatoms. The molecule has 0 saturated carbocycles. The number of fused-ring (bicyclic) bond motifs is 1. The summed E-state index contributed by atoms with van der Waals surface area (Å²) in [5.41, 5.74) is 4.97. The van der Waals surface area contributed by atoms with Crippen LogP contribution in [0.5, 0.6) is 0 Å². The molecule has 0 spiro atoms. The summed E-state index contributed by atoms with van der Waals surface area (Å²) in [6.45, 7) is 4.18. The molecule has 0 aliphatic carbocycles. The number of aromatic nitrogens is 2. The maximum Gasteiger partial charge on any atom is 0.323 e. The Morgan fingerprint density at radius 3 is 2.45 bits per heavy atom. The summed E-state index contributed by atoms with van der Waals surface area (Å²) in [5.74, 6) is 0. The molecule has 0 radical (unpaired) electrons. The van der Waals surface area contributed by atoms with Gasteiger partial charge in [-0.3, -0.25) is 0 Å². The van der Waals surface area contributed by atoms with Crippen molar-refractivity contribution in [3.63, 3.8) is 0 Å². The predicted octanol–water partition coefficient (Wildman–Crippen LogP) is 3.34. The fourth-order valence-corrected chi connectivity index (χ4v) is 2.30. The van der Waals surface area contributed by atoms with E-state index < -0.39 is 0 Å². The van der Waals surface area contributed by atoms with Gasteiger partial charge in [0.15, 0.2) is 0 Å². The average molecular weight is 267 g/mol. The molecule has 102 valence electrons. The normalized spacial score (nSPS) is 12.5. The van der Waals surface area contributed by atoms with Gasteiger partial charge in [-0.25, -0.2) is 4.79 Å². The van der Waals surface area contributed by atoms with Crippen molar-refractivity contribution in [1.29, 1.82) is 0 Å². The van der Waals surface area contributed by atoms with Gasteiger partial charge in [-0.15, -0.1) is 0 Å². The number of H-pyrrole nitrogens is 2. The van der Waals surface area contributed by atoms with Crippen LogP contribution in [-0.2, 0) is 0 Å². The SMILES string of the molecule is Cc1ccc(NC(C)c2ccc3[nH]c(=O)[nH]c3c2)cc1. The van der Waals surface area contributed by atoms with E-state index in [1.807, 2.05) is 18.2 Å². The molecule has 1 aromatic heterocycles. The second-order valence-corrected chi connectivity index (χ2v) is 5.12. The number of hydrogen-bond acceptors (Lipinski definition) is 2. The van der Waals surface area contributed by atoms with Crippen molar-refractivity contribution in [3.8, 4) is 0 Å². The molecule has 2 aromatic carbocycles. The maximum absolute atomic E-state index is 11.3. The second kappa shape index (κ2) is 4.89. The minimum atomic E-state index is -0.170. The summed E-state index contributed by atoms with van der Waals surface area (Å²) in [5, 5.41) is 3.45. The zero-order valence-corrected chi connectivity index (χ0v) is 11.5. The number of hydrogen-bond donors (Lipinski definition) is 3. The summed E-state index contributed by atoms with van der Waals surface area (Å²) in [6.07, 6.45) is 0. The number of benzene rings is 2. The molecule has 0 aliphatic rings. The molecule has 4 nitrogen and oxygen atoms in total. The Morgan fingerprint density at radius 2 is 1.70 bits per heavy atom. The van der Waals surface area contributed by atoms with Crippen LogP contribution in [-0.4, -0.2) is 9.97 Å². The smallest absolute Gasteiger partial charge is 0.323 e. The van der Waals surface area contributed by atoms with E-state index in [9.17, 15) is 4.79 Å². The van der Waals surface area contributed by atoms with Crippen LogP contribution in [0.3, 0.4) is 0 Å². The molecule has 1 unspecified atom stereocenters. The molecule has 0 fully saturated rings. The summed E-state index contributed by atoms with van der Waals surface area (Å²) >= 11 is 0. The molecular weight excluding hydrogens is 250 g/mol. The first-order valence-electron chi connectivity index (χ1n) is 6.67. The quantitative estimate of drug-likeness (QED) is 0.681. The van der Waals surface area contributed by atoms with Crippen LogP contribution in [0, 0.1) is 6.92 Å². The van der Waals surface area contributed by atoms with Crippen LogP contribution < -0.4 is 11.0 Å². The number of anilines is 1. The van der Waals surface area contributed by atoms with Gasteiger partial charge in [0.2, 0.25) is 0 Å². The van der Waals surface area contributed by atoms with Crippen LogP contribution in [0.25, 0.3) is 11.0 Å². The maximum atomic E-state index is 11.3. The van der Waals surface area contributed by atoms with E-state index in [4.69, 9.17) is 0 Å². The second-order valence-electron chi connectivity index (χ2n) is 5.12. The Hall–Kier alpha value is -2.49. The highest BCUT2D eigenvalue weighted by atomic mass is 16.1. The third-order valence-corrected chi connectivity index (χ3v) is 3.47. The summed E-state index contributed by atoms with van der Waals surface area (Å²) in [4.78, 5) is 16.8. The minimum Gasteiger partial charge on any atom is -0.379 e. The van der Waals surface area contributed by atoms with Crippen molar-refractivity contribution in [2.75, 3.05) is 5.32 Å². The van der Waals surface area contributed by atoms with Gasteiger partial charge in [0.25, 0.3) is 0 Å². The third kappa shape index (κ3) is 2.45. The van der Waals surface area contributed by atoms with Crippen molar-refractivity contribution in [2.24, 2.45) is 0 Å². The van der Waals surface area contributed by atoms with Gasteiger partial charge in [0.1, 0.15) is 0 Å². The average Bonchev–Trinajstić information content (AvgIpc) is 2.80. The van der Waals surface area contributed by atoms with Crippen LogP contribution >= 0.6 is 0 Å². The standard InChI is InChI=1S/C16H17N3O/c1-10-3-6-13(7-4-10)17-11(2)12-5-8-14-15(9-12)19-16(20)18-14/h3-9,11,17H,1-2H3,(H2,18,19,20). The van der Waals surface area contributed by atoms with E-state index in [1.54, 1.807) is 0 Å². The van der Waals surface area contributed by atoms with Gasteiger partial charge >= 0.3 is 5.69 Å². The van der Waals surface area contributed by atoms with E-state index in [0.29, 0.717) is 0 Å². The van der Waals surface area contributed by atoms with Crippen molar-refractivity contribution < 1.29 is 0 Å². The molecule has 1 heterocycles. The van der Waals surface area contributed by atoms with Gasteiger partial charge < -0.3 is 15.3 Å². The molecule has 0 amide bonds. The van der Waals surface area contributed by atoms with Crippen LogP contribution in [0.1, 0.15) is 24.1 Å². The lowest BCUT2D eigenvalue weighted by atomic mass is 10.1. The Morgan fingerprint density at radius 1 is 1.00 bits per heavy atom. The Bertz CT molecular complexity index is 783. The molecule has 0 bridgehead atoms. The van der Waals surface area contributed by atoms with E-state index in [2.05, 4.69) is 53.4 Å². The van der Waals surface area contributed by atoms with Crippen molar-refractivity contribution in [3.05, 3.63) is 64.1 Å². The number of aryl methyl sites for hydroxylation is 1. The van der Waals surface area contributed by atoms with Gasteiger partial charge in [-0.2, -0.15) is 0 Å². The van der Waals surface area contributed by atoms with Gasteiger partial charge in [0, 0.05) is 11.7 Å². The highest BCUT2D eigenvalue weighted by molar-refractivity contribution is 5.75. The first-order valence-corrected chi connectivity index (χ1v) is 6.67. The van der Waals surface area contributed by atoms with E-state index in [0.717, 1.165) is 22.3 Å². The van der Waals surface area contributed by atoms with E-state index in [1.165, 1.54) is 5.56 Å². The van der Waals surface area contributed by atoms with Crippen LogP contribution in [0.2, 0.25) is 0 Å². The topological polar surface area (TPSA) is 60.7 Å². The van der Waals surface area contributed by atoms with E-state index in [-0.39, 0.29) is 11.7 Å². The van der Waals surface area contributed by atoms with E-state index >= 15 is 0 Å². The summed E-state index contributed by atoms with van der Waals surface area (Å²) < 4.78 is 0. The molecule has 20 heavy (non-hydrogen) atoms. The van der Waals surface area contributed by atoms with Crippen LogP contribution in [0.15, 0.2) is 47.3 Å². The fraction of sp³-hybridized carbons (Fsp3) is 0.188. The van der Waals surface area contributed by atoms with Crippen molar-refractivity contribution in [2.45, 2.75) is 19.9 Å². The third-order valence-electron chi connectivity index (χ3n) is 3.47. The lowest BCUT2D eigenvalue weighted by molar-refractivity contribution is 0.886. The molecular formula is C16H17N3O. The molecule has 3 rings (SSSR count). The lowest BCUT2D eigenvalue weighted by Gasteiger charge is -2.16. The summed E-state index contributed by atoms with van der Waals surface area (Å²) in [6, 6.07) is 14.4. The monoisotopic (exact) mass is 267 g/mol. The predicted molar refractivity (Wildman–Crippen MR) is 82.1 cm³/mol. The fourth-order valence-electron chi connectivity index (χ4n) is 2.30. The van der Waals surface area contributed by atoms with Crippen molar-refractivity contribution >= 4 is 16.7 Å². The highest BCUT2D eigenvalue weighted by Crippen LogP contribution is 2.21. The van der Waals surface area contributed by atoms with Crippen LogP contribution in [0.4, 0.5) is 5.69 Å². The first-order chi connectivity index (χ1) is 9.61. The lowest BCUT2D eigenvalue weighted by Crippen LogP contribution is -2.06. The molecule has 0 saturated heterocycles. The zero-order chi connectivity index (χ0) is 14.1. The van der Waals surface area contributed by atoms with Crippen molar-refractivity contribution in [1.82, 2.24) is 9.97 Å². The first kappa shape index (κ1) is 12.5. The van der Waals surface area contributed by atoms with Gasteiger partial charge in [-0.1, -0.05) is 23.8 Å². The summed E-state index contributed by atoms with van der Waals surface area (Å²) in [7, 11) is 0. The Kier molecular flexibility index (Phi) is 3.06. The van der Waals surface area contributed by atoms with Gasteiger partial charge in [0.05, 0.1) is 11.0 Å². The Balaban J connectivity index is 1.85. The number of rotatable bonds is 3. The number of imidazole rings is 1.